The monoisotopic (exact) mass is 218 g/mol. The molecule has 3 rings (SSSR count). The van der Waals surface area contributed by atoms with Gasteiger partial charge in [0, 0.05) is 6.54 Å². The van der Waals surface area contributed by atoms with Gasteiger partial charge >= 0.3 is 0 Å². The summed E-state index contributed by atoms with van der Waals surface area (Å²) in [6, 6.07) is 8.53. The average molecular weight is 218 g/mol. The van der Waals surface area contributed by atoms with E-state index in [1.54, 1.807) is 0 Å². The van der Waals surface area contributed by atoms with Gasteiger partial charge in [-0.2, -0.15) is 4.98 Å². The number of benzene rings is 1. The molecular formula is C12H14N2O2. The number of nitrogens with zero attached hydrogens (tertiary/aromatic N) is 2. The van der Waals surface area contributed by atoms with Gasteiger partial charge in [0.15, 0.2) is 5.58 Å². The van der Waals surface area contributed by atoms with E-state index in [9.17, 15) is 5.11 Å². The Morgan fingerprint density at radius 3 is 3.12 bits per heavy atom. The van der Waals surface area contributed by atoms with Crippen LogP contribution in [0.15, 0.2) is 28.7 Å². The zero-order valence-corrected chi connectivity index (χ0v) is 8.97. The zero-order chi connectivity index (χ0) is 11.0. The SMILES string of the molecule is OCC1CCCN1c1nc2ccccc2o1. The van der Waals surface area contributed by atoms with Crippen LogP contribution in [-0.4, -0.2) is 29.3 Å². The minimum absolute atomic E-state index is 0.160. The highest BCUT2D eigenvalue weighted by atomic mass is 16.4. The Morgan fingerprint density at radius 2 is 2.31 bits per heavy atom. The second-order valence-electron chi connectivity index (χ2n) is 4.14. The van der Waals surface area contributed by atoms with Crippen molar-refractivity contribution in [3.8, 4) is 0 Å². The van der Waals surface area contributed by atoms with Gasteiger partial charge < -0.3 is 14.4 Å². The van der Waals surface area contributed by atoms with Crippen LogP contribution in [-0.2, 0) is 0 Å². The standard InChI is InChI=1S/C12H14N2O2/c15-8-9-4-3-7-14(9)12-13-10-5-1-2-6-11(10)16-12/h1-2,5-6,9,15H,3-4,7-8H2. The van der Waals surface area contributed by atoms with Crippen LogP contribution in [0.25, 0.3) is 11.1 Å². The Kier molecular flexibility index (Phi) is 2.29. The van der Waals surface area contributed by atoms with Crippen molar-refractivity contribution in [2.75, 3.05) is 18.1 Å². The number of fused-ring (bicyclic) bond motifs is 1. The molecule has 1 unspecified atom stereocenters. The lowest BCUT2D eigenvalue weighted by atomic mass is 10.2. The van der Waals surface area contributed by atoms with Crippen molar-refractivity contribution in [2.45, 2.75) is 18.9 Å². The number of hydrogen-bond donors (Lipinski definition) is 1. The number of para-hydroxylation sites is 2. The fourth-order valence-electron chi connectivity index (χ4n) is 2.26. The van der Waals surface area contributed by atoms with Gasteiger partial charge in [0.25, 0.3) is 6.01 Å². The van der Waals surface area contributed by atoms with Crippen LogP contribution in [0, 0.1) is 0 Å². The van der Waals surface area contributed by atoms with Crippen LogP contribution in [0.5, 0.6) is 0 Å². The molecule has 1 aromatic heterocycles. The smallest absolute Gasteiger partial charge is 0.298 e. The van der Waals surface area contributed by atoms with Gasteiger partial charge in [0.05, 0.1) is 12.6 Å². The van der Waals surface area contributed by atoms with E-state index in [4.69, 9.17) is 4.42 Å². The third-order valence-corrected chi connectivity index (χ3v) is 3.12. The molecule has 0 amide bonds. The maximum atomic E-state index is 9.26. The minimum atomic E-state index is 0.160. The third-order valence-electron chi connectivity index (χ3n) is 3.12. The summed E-state index contributed by atoms with van der Waals surface area (Å²) in [6.07, 6.45) is 2.10. The molecule has 0 aliphatic carbocycles. The van der Waals surface area contributed by atoms with Crippen LogP contribution < -0.4 is 4.90 Å². The maximum absolute atomic E-state index is 9.26. The Labute approximate surface area is 93.5 Å². The first-order chi connectivity index (χ1) is 7.88. The van der Waals surface area contributed by atoms with Gasteiger partial charge in [0.1, 0.15) is 5.52 Å². The molecule has 0 radical (unpaired) electrons. The molecule has 2 heterocycles. The van der Waals surface area contributed by atoms with Gasteiger partial charge in [-0.25, -0.2) is 0 Å². The largest absolute Gasteiger partial charge is 0.423 e. The van der Waals surface area contributed by atoms with Crippen molar-refractivity contribution in [1.29, 1.82) is 0 Å². The summed E-state index contributed by atoms with van der Waals surface area (Å²) in [4.78, 5) is 6.50. The van der Waals surface area contributed by atoms with Gasteiger partial charge in [-0.1, -0.05) is 12.1 Å². The lowest BCUT2D eigenvalue weighted by Gasteiger charge is -2.20. The van der Waals surface area contributed by atoms with Gasteiger partial charge in [-0.3, -0.25) is 0 Å². The van der Waals surface area contributed by atoms with E-state index in [2.05, 4.69) is 9.88 Å². The Morgan fingerprint density at radius 1 is 1.44 bits per heavy atom. The molecule has 4 heteroatoms. The molecule has 0 spiro atoms. The van der Waals surface area contributed by atoms with Crippen molar-refractivity contribution < 1.29 is 9.52 Å². The van der Waals surface area contributed by atoms with E-state index >= 15 is 0 Å². The molecule has 1 aliphatic heterocycles. The fraction of sp³-hybridized carbons (Fsp3) is 0.417. The van der Waals surface area contributed by atoms with Crippen molar-refractivity contribution in [3.05, 3.63) is 24.3 Å². The average Bonchev–Trinajstić information content (AvgIpc) is 2.94. The molecular weight excluding hydrogens is 204 g/mol. The van der Waals surface area contributed by atoms with Crippen molar-refractivity contribution >= 4 is 17.1 Å². The van der Waals surface area contributed by atoms with E-state index in [1.807, 2.05) is 24.3 Å². The minimum Gasteiger partial charge on any atom is -0.423 e. The highest BCUT2D eigenvalue weighted by Crippen LogP contribution is 2.27. The molecule has 1 N–H and O–H groups in total. The van der Waals surface area contributed by atoms with Gasteiger partial charge in [-0.15, -0.1) is 0 Å². The summed E-state index contributed by atoms with van der Waals surface area (Å²) in [7, 11) is 0. The lowest BCUT2D eigenvalue weighted by molar-refractivity contribution is 0.263. The van der Waals surface area contributed by atoms with Crippen LogP contribution >= 0.6 is 0 Å². The topological polar surface area (TPSA) is 49.5 Å². The van der Waals surface area contributed by atoms with Gasteiger partial charge in [-0.05, 0) is 25.0 Å². The van der Waals surface area contributed by atoms with Crippen LogP contribution in [0.4, 0.5) is 6.01 Å². The normalized spacial score (nSPS) is 20.8. The first-order valence-electron chi connectivity index (χ1n) is 5.61. The maximum Gasteiger partial charge on any atom is 0.298 e. The van der Waals surface area contributed by atoms with E-state index in [1.165, 1.54) is 0 Å². The highest BCUT2D eigenvalue weighted by molar-refractivity contribution is 5.74. The Hall–Kier alpha value is -1.55. The van der Waals surface area contributed by atoms with Crippen LogP contribution in [0.2, 0.25) is 0 Å². The summed E-state index contributed by atoms with van der Waals surface area (Å²) in [5.74, 6) is 0. The Bertz CT molecular complexity index is 461. The lowest BCUT2D eigenvalue weighted by Crippen LogP contribution is -2.32. The molecule has 0 bridgehead atoms. The molecule has 1 saturated heterocycles. The number of rotatable bonds is 2. The van der Waals surface area contributed by atoms with Crippen LogP contribution in [0.3, 0.4) is 0 Å². The van der Waals surface area contributed by atoms with Crippen molar-refractivity contribution in [1.82, 2.24) is 4.98 Å². The summed E-state index contributed by atoms with van der Waals surface area (Å²) in [5, 5.41) is 9.26. The number of anilines is 1. The van der Waals surface area contributed by atoms with E-state index < -0.39 is 0 Å². The molecule has 1 aromatic carbocycles. The highest BCUT2D eigenvalue weighted by Gasteiger charge is 2.27. The second-order valence-corrected chi connectivity index (χ2v) is 4.14. The number of aliphatic hydroxyl groups is 1. The molecule has 84 valence electrons. The molecule has 1 fully saturated rings. The molecule has 2 aromatic rings. The number of aromatic nitrogens is 1. The molecule has 1 atom stereocenters. The second kappa shape index (κ2) is 3.79. The number of hydrogen-bond acceptors (Lipinski definition) is 4. The molecule has 16 heavy (non-hydrogen) atoms. The Balaban J connectivity index is 1.99. The summed E-state index contributed by atoms with van der Waals surface area (Å²) >= 11 is 0. The van der Waals surface area contributed by atoms with E-state index in [0.717, 1.165) is 30.5 Å². The summed E-state index contributed by atoms with van der Waals surface area (Å²) in [6.45, 7) is 1.08. The van der Waals surface area contributed by atoms with Crippen molar-refractivity contribution in [2.24, 2.45) is 0 Å². The fourth-order valence-corrected chi connectivity index (χ4v) is 2.26. The molecule has 0 saturated carbocycles. The first kappa shape index (κ1) is 9.66. The van der Waals surface area contributed by atoms with E-state index in [-0.39, 0.29) is 12.6 Å². The van der Waals surface area contributed by atoms with Crippen LogP contribution in [0.1, 0.15) is 12.8 Å². The number of oxazole rings is 1. The number of aliphatic hydroxyl groups excluding tert-OH is 1. The van der Waals surface area contributed by atoms with Crippen molar-refractivity contribution in [3.63, 3.8) is 0 Å². The molecule has 1 aliphatic rings. The third kappa shape index (κ3) is 1.46. The zero-order valence-electron chi connectivity index (χ0n) is 8.97. The van der Waals surface area contributed by atoms with E-state index in [0.29, 0.717) is 6.01 Å². The van der Waals surface area contributed by atoms with Gasteiger partial charge in [0.2, 0.25) is 0 Å². The first-order valence-corrected chi connectivity index (χ1v) is 5.61. The predicted octanol–water partition coefficient (Wildman–Crippen LogP) is 1.79. The summed E-state index contributed by atoms with van der Waals surface area (Å²) < 4.78 is 5.69. The summed E-state index contributed by atoms with van der Waals surface area (Å²) in [5.41, 5.74) is 1.68. The quantitative estimate of drug-likeness (QED) is 0.834. The predicted molar refractivity (Wildman–Crippen MR) is 61.5 cm³/mol. The molecule has 4 nitrogen and oxygen atoms in total.